The summed E-state index contributed by atoms with van der Waals surface area (Å²) in [5, 5.41) is 0. The van der Waals surface area contributed by atoms with Crippen molar-refractivity contribution >= 4 is 42.9 Å². The Kier molecular flexibility index (Phi) is 4.32. The fourth-order valence-electron chi connectivity index (χ4n) is 2.48. The molecule has 1 aliphatic rings. The number of para-hydroxylation sites is 2. The summed E-state index contributed by atoms with van der Waals surface area (Å²) < 4.78 is 54.4. The molecule has 0 saturated heterocycles. The van der Waals surface area contributed by atoms with Gasteiger partial charge in [0.15, 0.2) is 0 Å². The highest BCUT2D eigenvalue weighted by atomic mass is 32.2. The SMILES string of the molecule is Cc1ccc(S(=O)(=O)NCCN2c3ccccc3N(C)S2(=O)=O)s1. The molecule has 1 aromatic heterocycles. The lowest BCUT2D eigenvalue weighted by Gasteiger charge is -2.19. The Morgan fingerprint density at radius 3 is 2.42 bits per heavy atom. The minimum Gasteiger partial charge on any atom is -0.254 e. The summed E-state index contributed by atoms with van der Waals surface area (Å²) in [4.78, 5) is 0.896. The molecule has 2 heterocycles. The highest BCUT2D eigenvalue weighted by molar-refractivity contribution is 7.94. The van der Waals surface area contributed by atoms with E-state index in [4.69, 9.17) is 0 Å². The Hall–Kier alpha value is -1.62. The first-order chi connectivity index (χ1) is 11.2. The first kappa shape index (κ1) is 17.2. The zero-order chi connectivity index (χ0) is 17.5. The summed E-state index contributed by atoms with van der Waals surface area (Å²) in [6, 6.07) is 10.2. The molecule has 0 radical (unpaired) electrons. The highest BCUT2D eigenvalue weighted by Crippen LogP contribution is 2.39. The molecule has 130 valence electrons. The smallest absolute Gasteiger partial charge is 0.254 e. The van der Waals surface area contributed by atoms with Crippen LogP contribution in [0, 0.1) is 6.92 Å². The van der Waals surface area contributed by atoms with Crippen molar-refractivity contribution in [1.82, 2.24) is 4.72 Å². The number of nitrogens with one attached hydrogen (secondary N) is 1. The number of aryl methyl sites for hydroxylation is 1. The number of benzene rings is 1. The van der Waals surface area contributed by atoms with Gasteiger partial charge in [-0.2, -0.15) is 8.42 Å². The molecule has 0 amide bonds. The topological polar surface area (TPSA) is 86.8 Å². The van der Waals surface area contributed by atoms with E-state index in [0.29, 0.717) is 11.4 Å². The van der Waals surface area contributed by atoms with Gasteiger partial charge in [0.1, 0.15) is 4.21 Å². The molecule has 10 heteroatoms. The molecule has 3 rings (SSSR count). The maximum Gasteiger partial charge on any atom is 0.326 e. The Morgan fingerprint density at radius 2 is 1.79 bits per heavy atom. The predicted molar refractivity (Wildman–Crippen MR) is 95.4 cm³/mol. The van der Waals surface area contributed by atoms with Crippen LogP contribution in [0.5, 0.6) is 0 Å². The molecule has 0 atom stereocenters. The van der Waals surface area contributed by atoms with Gasteiger partial charge < -0.3 is 0 Å². The van der Waals surface area contributed by atoms with Crippen molar-refractivity contribution in [1.29, 1.82) is 0 Å². The van der Waals surface area contributed by atoms with E-state index >= 15 is 0 Å². The second-order valence-corrected chi connectivity index (χ2v) is 10.5. The van der Waals surface area contributed by atoms with E-state index in [1.54, 1.807) is 30.3 Å². The van der Waals surface area contributed by atoms with E-state index in [2.05, 4.69) is 4.72 Å². The first-order valence-corrected chi connectivity index (χ1v) is 10.8. The lowest BCUT2D eigenvalue weighted by Crippen LogP contribution is -2.40. The highest BCUT2D eigenvalue weighted by Gasteiger charge is 2.37. The fourth-order valence-corrected chi connectivity index (χ4v) is 6.26. The monoisotopic (exact) mass is 387 g/mol. The van der Waals surface area contributed by atoms with E-state index < -0.39 is 20.2 Å². The Labute approximate surface area is 145 Å². The van der Waals surface area contributed by atoms with Gasteiger partial charge in [-0.3, -0.25) is 4.31 Å². The number of anilines is 2. The maximum atomic E-state index is 12.5. The molecule has 7 nitrogen and oxygen atoms in total. The van der Waals surface area contributed by atoms with E-state index in [0.717, 1.165) is 4.88 Å². The predicted octanol–water partition coefficient (Wildman–Crippen LogP) is 1.54. The lowest BCUT2D eigenvalue weighted by atomic mass is 10.2. The minimum atomic E-state index is -3.67. The zero-order valence-corrected chi connectivity index (χ0v) is 15.6. The van der Waals surface area contributed by atoms with Crippen LogP contribution in [0.15, 0.2) is 40.6 Å². The van der Waals surface area contributed by atoms with Crippen LogP contribution in [-0.4, -0.2) is 37.0 Å². The van der Waals surface area contributed by atoms with Crippen molar-refractivity contribution in [2.24, 2.45) is 0 Å². The van der Waals surface area contributed by atoms with Gasteiger partial charge in [0.05, 0.1) is 11.4 Å². The van der Waals surface area contributed by atoms with Gasteiger partial charge >= 0.3 is 10.2 Å². The third kappa shape index (κ3) is 2.90. The summed E-state index contributed by atoms with van der Waals surface area (Å²) in [5.74, 6) is 0. The van der Waals surface area contributed by atoms with Crippen molar-refractivity contribution in [2.75, 3.05) is 28.7 Å². The summed E-state index contributed by atoms with van der Waals surface area (Å²) in [6.07, 6.45) is 0. The average molecular weight is 388 g/mol. The van der Waals surface area contributed by atoms with E-state index in [1.807, 2.05) is 6.92 Å². The van der Waals surface area contributed by atoms with Gasteiger partial charge in [-0.25, -0.2) is 17.4 Å². The molecule has 1 aromatic carbocycles. The van der Waals surface area contributed by atoms with Crippen molar-refractivity contribution in [3.8, 4) is 0 Å². The molecule has 0 unspecified atom stereocenters. The molecule has 0 aliphatic carbocycles. The van der Waals surface area contributed by atoms with Gasteiger partial charge in [-0.1, -0.05) is 12.1 Å². The quantitative estimate of drug-likeness (QED) is 0.843. The van der Waals surface area contributed by atoms with E-state index in [1.165, 1.54) is 33.1 Å². The summed E-state index contributed by atoms with van der Waals surface area (Å²) >= 11 is 1.18. The van der Waals surface area contributed by atoms with Crippen molar-refractivity contribution in [3.05, 3.63) is 41.3 Å². The van der Waals surface area contributed by atoms with Gasteiger partial charge in [0, 0.05) is 25.0 Å². The van der Waals surface area contributed by atoms with Gasteiger partial charge in [-0.15, -0.1) is 11.3 Å². The summed E-state index contributed by atoms with van der Waals surface area (Å²) in [5.41, 5.74) is 1.13. The molecule has 1 aliphatic heterocycles. The minimum absolute atomic E-state index is 0.0132. The number of thiophene rings is 1. The number of rotatable bonds is 5. The number of sulfonamides is 1. The number of hydrogen-bond acceptors (Lipinski definition) is 5. The average Bonchev–Trinajstić information content (AvgIpc) is 3.04. The molecule has 24 heavy (non-hydrogen) atoms. The maximum absolute atomic E-state index is 12.5. The van der Waals surface area contributed by atoms with Crippen LogP contribution in [-0.2, 0) is 20.2 Å². The van der Waals surface area contributed by atoms with Crippen LogP contribution >= 0.6 is 11.3 Å². The zero-order valence-electron chi connectivity index (χ0n) is 13.1. The van der Waals surface area contributed by atoms with Crippen LogP contribution in [0.1, 0.15) is 4.88 Å². The van der Waals surface area contributed by atoms with Crippen molar-refractivity contribution in [3.63, 3.8) is 0 Å². The second kappa shape index (κ2) is 6.03. The molecule has 0 spiro atoms. The van der Waals surface area contributed by atoms with E-state index in [9.17, 15) is 16.8 Å². The van der Waals surface area contributed by atoms with Gasteiger partial charge in [-0.05, 0) is 31.2 Å². The van der Waals surface area contributed by atoms with Gasteiger partial charge in [0.25, 0.3) is 0 Å². The van der Waals surface area contributed by atoms with Crippen LogP contribution in [0.2, 0.25) is 0 Å². The van der Waals surface area contributed by atoms with Crippen LogP contribution in [0.4, 0.5) is 11.4 Å². The molecule has 2 aromatic rings. The number of nitrogens with zero attached hydrogens (tertiary/aromatic N) is 2. The Morgan fingerprint density at radius 1 is 1.12 bits per heavy atom. The molecule has 0 saturated carbocycles. The summed E-state index contributed by atoms with van der Waals surface area (Å²) in [7, 11) is -5.82. The second-order valence-electron chi connectivity index (χ2n) is 5.30. The Bertz CT molecular complexity index is 967. The number of fused-ring (bicyclic) bond motifs is 1. The molecular weight excluding hydrogens is 370 g/mol. The molecular formula is C14H17N3O4S3. The largest absolute Gasteiger partial charge is 0.326 e. The van der Waals surface area contributed by atoms with Crippen LogP contribution in [0.25, 0.3) is 0 Å². The molecule has 0 fully saturated rings. The molecule has 1 N–H and O–H groups in total. The van der Waals surface area contributed by atoms with Crippen molar-refractivity contribution < 1.29 is 16.8 Å². The third-order valence-electron chi connectivity index (χ3n) is 3.70. The van der Waals surface area contributed by atoms with E-state index in [-0.39, 0.29) is 17.3 Å². The van der Waals surface area contributed by atoms with Crippen LogP contribution < -0.4 is 13.3 Å². The first-order valence-electron chi connectivity index (χ1n) is 7.15. The third-order valence-corrected chi connectivity index (χ3v) is 8.48. The summed E-state index contributed by atoms with van der Waals surface area (Å²) in [6.45, 7) is 1.83. The number of hydrogen-bond donors (Lipinski definition) is 1. The Balaban J connectivity index is 1.75. The molecule has 0 bridgehead atoms. The van der Waals surface area contributed by atoms with Gasteiger partial charge in [0.2, 0.25) is 10.0 Å². The normalized spacial score (nSPS) is 16.4. The van der Waals surface area contributed by atoms with Crippen molar-refractivity contribution in [2.45, 2.75) is 11.1 Å². The lowest BCUT2D eigenvalue weighted by molar-refractivity contribution is 0.579. The standard InChI is InChI=1S/C14H17N3O4S3/c1-11-7-8-14(22-11)23(18,19)15-9-10-17-13-6-4-3-5-12(13)16(2)24(17,20)21/h3-8,15H,9-10H2,1-2H3. The van der Waals surface area contributed by atoms with Crippen LogP contribution in [0.3, 0.4) is 0 Å². The fraction of sp³-hybridized carbons (Fsp3) is 0.286.